The number of thiophene rings is 1. The molecule has 1 fully saturated rings. The number of nitrogens with two attached hydrogens (primary N) is 1. The van der Waals surface area contributed by atoms with Gasteiger partial charge in [0.25, 0.3) is 5.91 Å². The number of hydrogen-bond donors (Lipinski definition) is 1. The maximum absolute atomic E-state index is 12.5. The van der Waals surface area contributed by atoms with E-state index >= 15 is 0 Å². The van der Waals surface area contributed by atoms with Crippen LogP contribution in [-0.2, 0) is 0 Å². The van der Waals surface area contributed by atoms with Gasteiger partial charge >= 0.3 is 0 Å². The number of aryl methyl sites for hydroxylation is 1. The molecular weight excluding hydrogens is 256 g/mol. The van der Waals surface area contributed by atoms with Gasteiger partial charge in [0.1, 0.15) is 0 Å². The third-order valence-corrected chi connectivity index (χ3v) is 5.40. The van der Waals surface area contributed by atoms with Crippen LogP contribution in [0.2, 0.25) is 0 Å². The Morgan fingerprint density at radius 3 is 2.47 bits per heavy atom. The van der Waals surface area contributed by atoms with Crippen LogP contribution in [0.15, 0.2) is 6.07 Å². The Kier molecular flexibility index (Phi) is 3.90. The maximum atomic E-state index is 12.5. The lowest BCUT2D eigenvalue weighted by Crippen LogP contribution is -2.40. The van der Waals surface area contributed by atoms with Gasteiger partial charge in [0.2, 0.25) is 0 Å². The fourth-order valence-electron chi connectivity index (χ4n) is 2.71. The number of hydrogen-bond acceptors (Lipinski definition) is 3. The summed E-state index contributed by atoms with van der Waals surface area (Å²) in [6.07, 6.45) is 4.60. The highest BCUT2D eigenvalue weighted by molar-refractivity contribution is 7.14. The van der Waals surface area contributed by atoms with Crippen molar-refractivity contribution in [2.45, 2.75) is 52.5 Å². The standard InChI is InChI=1S/C15H24N2OS/c1-10-12(16)9-13(19-10)14(18)17(4)11-5-7-15(2,3)8-6-11/h9,11H,5-8,16H2,1-4H3. The van der Waals surface area contributed by atoms with Crippen LogP contribution in [0.5, 0.6) is 0 Å². The molecule has 4 heteroatoms. The average Bonchev–Trinajstić information content (AvgIpc) is 2.68. The van der Waals surface area contributed by atoms with Crippen LogP contribution in [-0.4, -0.2) is 23.9 Å². The molecule has 1 aromatic rings. The van der Waals surface area contributed by atoms with Crippen LogP contribution in [0.25, 0.3) is 0 Å². The lowest BCUT2D eigenvalue weighted by molar-refractivity contribution is 0.0640. The molecule has 0 spiro atoms. The highest BCUT2D eigenvalue weighted by Crippen LogP contribution is 2.37. The van der Waals surface area contributed by atoms with Crippen LogP contribution in [0, 0.1) is 12.3 Å². The Balaban J connectivity index is 2.04. The van der Waals surface area contributed by atoms with Gasteiger partial charge in [0.05, 0.1) is 4.88 Å². The Bertz CT molecular complexity index is 449. The first kappa shape index (κ1) is 14.4. The summed E-state index contributed by atoms with van der Waals surface area (Å²) in [5.74, 6) is 0.120. The van der Waals surface area contributed by atoms with Gasteiger partial charge in [0.15, 0.2) is 0 Å². The summed E-state index contributed by atoms with van der Waals surface area (Å²) in [7, 11) is 1.93. The normalized spacial score (nSPS) is 19.4. The monoisotopic (exact) mass is 280 g/mol. The molecule has 0 aliphatic heterocycles. The zero-order valence-corrected chi connectivity index (χ0v) is 13.1. The smallest absolute Gasteiger partial charge is 0.263 e. The number of nitrogens with zero attached hydrogens (tertiary/aromatic N) is 1. The SMILES string of the molecule is Cc1sc(C(=O)N(C)C2CCC(C)(C)CC2)cc1N. The minimum absolute atomic E-state index is 0.120. The van der Waals surface area contributed by atoms with E-state index in [1.165, 1.54) is 24.2 Å². The van der Waals surface area contributed by atoms with Crippen molar-refractivity contribution >= 4 is 22.9 Å². The minimum atomic E-state index is 0.120. The van der Waals surface area contributed by atoms with E-state index in [1.54, 1.807) is 0 Å². The molecule has 106 valence electrons. The first-order valence-corrected chi connectivity index (χ1v) is 7.75. The molecule has 0 bridgehead atoms. The fraction of sp³-hybridized carbons (Fsp3) is 0.667. The van der Waals surface area contributed by atoms with E-state index in [0.29, 0.717) is 11.5 Å². The van der Waals surface area contributed by atoms with E-state index in [2.05, 4.69) is 13.8 Å². The van der Waals surface area contributed by atoms with Crippen LogP contribution in [0.4, 0.5) is 5.69 Å². The van der Waals surface area contributed by atoms with E-state index in [9.17, 15) is 4.79 Å². The van der Waals surface area contributed by atoms with Crippen molar-refractivity contribution < 1.29 is 4.79 Å². The summed E-state index contributed by atoms with van der Waals surface area (Å²) in [6, 6.07) is 2.19. The number of carbonyl (C=O) groups excluding carboxylic acids is 1. The van der Waals surface area contributed by atoms with Crippen molar-refractivity contribution in [2.75, 3.05) is 12.8 Å². The fourth-order valence-corrected chi connectivity index (χ4v) is 3.64. The molecule has 0 radical (unpaired) electrons. The number of nitrogen functional groups attached to an aromatic ring is 1. The van der Waals surface area contributed by atoms with E-state index in [0.717, 1.165) is 28.3 Å². The van der Waals surface area contributed by atoms with Gasteiger partial charge < -0.3 is 10.6 Å². The van der Waals surface area contributed by atoms with Gasteiger partial charge in [-0.2, -0.15) is 0 Å². The van der Waals surface area contributed by atoms with Crippen LogP contribution in [0.1, 0.15) is 54.1 Å². The zero-order valence-electron chi connectivity index (χ0n) is 12.3. The Morgan fingerprint density at radius 2 is 2.00 bits per heavy atom. The summed E-state index contributed by atoms with van der Waals surface area (Å²) >= 11 is 1.50. The van der Waals surface area contributed by atoms with Crippen molar-refractivity contribution in [3.05, 3.63) is 15.8 Å². The summed E-state index contributed by atoms with van der Waals surface area (Å²) < 4.78 is 0. The molecule has 1 saturated carbocycles. The molecule has 3 nitrogen and oxygen atoms in total. The second-order valence-corrected chi connectivity index (χ2v) is 7.69. The number of rotatable bonds is 2. The van der Waals surface area contributed by atoms with Crippen molar-refractivity contribution in [3.8, 4) is 0 Å². The molecule has 19 heavy (non-hydrogen) atoms. The van der Waals surface area contributed by atoms with Gasteiger partial charge in [-0.3, -0.25) is 4.79 Å². The van der Waals surface area contributed by atoms with Gasteiger partial charge in [-0.15, -0.1) is 11.3 Å². The van der Waals surface area contributed by atoms with E-state index in [4.69, 9.17) is 5.73 Å². The van der Waals surface area contributed by atoms with Crippen molar-refractivity contribution in [1.29, 1.82) is 0 Å². The molecular formula is C15H24N2OS. The highest BCUT2D eigenvalue weighted by Gasteiger charge is 2.31. The molecule has 2 N–H and O–H groups in total. The summed E-state index contributed by atoms with van der Waals surface area (Å²) in [6.45, 7) is 6.59. The van der Waals surface area contributed by atoms with Crippen molar-refractivity contribution in [3.63, 3.8) is 0 Å². The predicted molar refractivity (Wildman–Crippen MR) is 81.6 cm³/mol. The molecule has 2 rings (SSSR count). The third kappa shape index (κ3) is 3.11. The first-order valence-electron chi connectivity index (χ1n) is 6.93. The molecule has 0 atom stereocenters. The quantitative estimate of drug-likeness (QED) is 0.898. The zero-order chi connectivity index (χ0) is 14.2. The predicted octanol–water partition coefficient (Wildman–Crippen LogP) is 3.68. The Hall–Kier alpha value is -1.03. The largest absolute Gasteiger partial charge is 0.398 e. The minimum Gasteiger partial charge on any atom is -0.398 e. The Labute approximate surface area is 119 Å². The van der Waals surface area contributed by atoms with Crippen molar-refractivity contribution in [1.82, 2.24) is 4.90 Å². The number of carbonyl (C=O) groups is 1. The second-order valence-electron chi connectivity index (χ2n) is 6.43. The average molecular weight is 280 g/mol. The van der Waals surface area contributed by atoms with Gasteiger partial charge in [0, 0.05) is 23.7 Å². The molecule has 0 unspecified atom stereocenters. The summed E-state index contributed by atoms with van der Waals surface area (Å²) in [5.41, 5.74) is 7.00. The highest BCUT2D eigenvalue weighted by atomic mass is 32.1. The maximum Gasteiger partial charge on any atom is 0.263 e. The van der Waals surface area contributed by atoms with E-state index in [-0.39, 0.29) is 5.91 Å². The van der Waals surface area contributed by atoms with Crippen LogP contribution in [0.3, 0.4) is 0 Å². The molecule has 1 aliphatic carbocycles. The topological polar surface area (TPSA) is 46.3 Å². The lowest BCUT2D eigenvalue weighted by Gasteiger charge is -2.38. The number of anilines is 1. The summed E-state index contributed by atoms with van der Waals surface area (Å²) in [4.78, 5) is 16.2. The first-order chi connectivity index (χ1) is 8.80. The molecule has 1 aliphatic rings. The van der Waals surface area contributed by atoms with Gasteiger partial charge in [-0.1, -0.05) is 13.8 Å². The number of amides is 1. The second kappa shape index (κ2) is 5.16. The third-order valence-electron chi connectivity index (χ3n) is 4.34. The molecule has 0 aromatic carbocycles. The van der Waals surface area contributed by atoms with E-state index < -0.39 is 0 Å². The lowest BCUT2D eigenvalue weighted by atomic mass is 9.75. The van der Waals surface area contributed by atoms with Gasteiger partial charge in [-0.25, -0.2) is 0 Å². The Morgan fingerprint density at radius 1 is 1.42 bits per heavy atom. The van der Waals surface area contributed by atoms with Crippen molar-refractivity contribution in [2.24, 2.45) is 5.41 Å². The molecule has 1 aromatic heterocycles. The molecule has 1 heterocycles. The van der Waals surface area contributed by atoms with Crippen LogP contribution >= 0.6 is 11.3 Å². The molecule has 0 saturated heterocycles. The summed E-state index contributed by atoms with van der Waals surface area (Å²) in [5, 5.41) is 0. The van der Waals surface area contributed by atoms with Gasteiger partial charge in [-0.05, 0) is 44.1 Å². The van der Waals surface area contributed by atoms with Crippen LogP contribution < -0.4 is 5.73 Å². The van der Waals surface area contributed by atoms with E-state index in [1.807, 2.05) is 24.9 Å². The molecule has 1 amide bonds.